The normalized spacial score (nSPS) is 20.0. The summed E-state index contributed by atoms with van der Waals surface area (Å²) in [6.45, 7) is 2.99. The molecule has 7 nitrogen and oxygen atoms in total. The summed E-state index contributed by atoms with van der Waals surface area (Å²) in [6, 6.07) is 8.64. The number of halogens is 1. The summed E-state index contributed by atoms with van der Waals surface area (Å²) in [5.41, 5.74) is 0. The van der Waals surface area contributed by atoms with Crippen LogP contribution in [0.3, 0.4) is 0 Å². The number of benzene rings is 1. The molecule has 1 amide bonds. The number of furan rings is 1. The first kappa shape index (κ1) is 22.0. The van der Waals surface area contributed by atoms with Crippen LogP contribution in [0.15, 0.2) is 52.0 Å². The van der Waals surface area contributed by atoms with Crippen LogP contribution in [0.25, 0.3) is 0 Å². The lowest BCUT2D eigenvalue weighted by atomic mass is 9.97. The van der Waals surface area contributed by atoms with E-state index in [0.29, 0.717) is 19.4 Å². The molecule has 2 aliphatic heterocycles. The molecular weight excluding hydrogens is 421 g/mol. The second kappa shape index (κ2) is 9.50. The number of nitrogens with zero attached hydrogens (tertiary/aromatic N) is 2. The van der Waals surface area contributed by atoms with Gasteiger partial charge in [0.2, 0.25) is 15.9 Å². The minimum Gasteiger partial charge on any atom is -0.468 e. The summed E-state index contributed by atoms with van der Waals surface area (Å²) in [4.78, 5) is 15.2. The van der Waals surface area contributed by atoms with E-state index in [1.807, 2.05) is 12.1 Å². The van der Waals surface area contributed by atoms with E-state index >= 15 is 0 Å². The van der Waals surface area contributed by atoms with Gasteiger partial charge in [-0.15, -0.1) is 0 Å². The zero-order chi connectivity index (χ0) is 21.8. The minimum absolute atomic E-state index is 0.0143. The van der Waals surface area contributed by atoms with Gasteiger partial charge < -0.3 is 9.73 Å². The van der Waals surface area contributed by atoms with E-state index in [4.69, 9.17) is 4.42 Å². The fraction of sp³-hybridized carbons (Fsp3) is 0.500. The number of amides is 1. The van der Waals surface area contributed by atoms with Crippen LogP contribution in [-0.2, 0) is 14.8 Å². The second-order valence-corrected chi connectivity index (χ2v) is 10.1. The fourth-order valence-electron chi connectivity index (χ4n) is 4.40. The summed E-state index contributed by atoms with van der Waals surface area (Å²) in [6.07, 6.45) is 4.86. The highest BCUT2D eigenvalue weighted by molar-refractivity contribution is 7.89. The van der Waals surface area contributed by atoms with Crippen LogP contribution in [-0.4, -0.2) is 56.3 Å². The zero-order valence-electron chi connectivity index (χ0n) is 17.4. The maximum absolute atomic E-state index is 13.1. The van der Waals surface area contributed by atoms with Crippen molar-refractivity contribution in [3.63, 3.8) is 0 Å². The van der Waals surface area contributed by atoms with Crippen LogP contribution in [0, 0.1) is 11.7 Å². The Kier molecular flexibility index (Phi) is 6.74. The van der Waals surface area contributed by atoms with E-state index < -0.39 is 15.8 Å². The van der Waals surface area contributed by atoms with E-state index in [0.717, 1.165) is 43.8 Å². The van der Waals surface area contributed by atoms with E-state index in [9.17, 15) is 17.6 Å². The van der Waals surface area contributed by atoms with Crippen LogP contribution < -0.4 is 5.32 Å². The summed E-state index contributed by atoms with van der Waals surface area (Å²) in [5.74, 6) is 0.101. The van der Waals surface area contributed by atoms with Crippen molar-refractivity contribution in [1.82, 2.24) is 14.5 Å². The number of carbonyl (C=O) groups is 1. The standard InChI is InChI=1S/C22H28FN3O4S/c23-18-5-7-19(8-6-18)31(28,29)26-13-9-17(10-14-26)22(27)24-16-20(21-4-3-15-30-21)25-11-1-2-12-25/h3-8,15,17,20H,1-2,9-14,16H2,(H,24,27). The molecule has 9 heteroatoms. The van der Waals surface area contributed by atoms with Crippen molar-refractivity contribution in [2.45, 2.75) is 36.6 Å². The van der Waals surface area contributed by atoms with Crippen LogP contribution in [0.1, 0.15) is 37.5 Å². The number of carbonyl (C=O) groups excluding carboxylic acids is 1. The van der Waals surface area contributed by atoms with Gasteiger partial charge in [-0.05, 0) is 75.2 Å². The maximum atomic E-state index is 13.1. The minimum atomic E-state index is -3.68. The summed E-state index contributed by atoms with van der Waals surface area (Å²) >= 11 is 0. The smallest absolute Gasteiger partial charge is 0.243 e. The molecule has 2 fully saturated rings. The van der Waals surface area contributed by atoms with Gasteiger partial charge in [-0.25, -0.2) is 12.8 Å². The average molecular weight is 450 g/mol. The highest BCUT2D eigenvalue weighted by Gasteiger charge is 2.33. The first-order valence-corrected chi connectivity index (χ1v) is 12.2. The number of rotatable bonds is 7. The molecule has 1 aromatic heterocycles. The van der Waals surface area contributed by atoms with Crippen LogP contribution in [0.5, 0.6) is 0 Å². The molecule has 4 rings (SSSR count). The van der Waals surface area contributed by atoms with Crippen LogP contribution in [0.4, 0.5) is 4.39 Å². The predicted octanol–water partition coefficient (Wildman–Crippen LogP) is 2.77. The van der Waals surface area contributed by atoms with Crippen molar-refractivity contribution in [1.29, 1.82) is 0 Å². The number of hydrogen-bond acceptors (Lipinski definition) is 5. The average Bonchev–Trinajstić information content (AvgIpc) is 3.49. The highest BCUT2D eigenvalue weighted by atomic mass is 32.2. The number of nitrogens with one attached hydrogen (secondary N) is 1. The SMILES string of the molecule is O=C(NCC(c1ccco1)N1CCCC1)C1CCN(S(=O)(=O)c2ccc(F)cc2)CC1. The van der Waals surface area contributed by atoms with Crippen molar-refractivity contribution in [3.8, 4) is 0 Å². The fourth-order valence-corrected chi connectivity index (χ4v) is 5.87. The van der Waals surface area contributed by atoms with Gasteiger partial charge in [0.15, 0.2) is 0 Å². The van der Waals surface area contributed by atoms with Crippen molar-refractivity contribution < 1.29 is 22.0 Å². The highest BCUT2D eigenvalue weighted by Crippen LogP contribution is 2.27. The Balaban J connectivity index is 1.32. The van der Waals surface area contributed by atoms with E-state index in [2.05, 4.69) is 10.2 Å². The molecular formula is C22H28FN3O4S. The van der Waals surface area contributed by atoms with Gasteiger partial charge >= 0.3 is 0 Å². The lowest BCUT2D eigenvalue weighted by Gasteiger charge is -2.31. The molecule has 2 aliphatic rings. The topological polar surface area (TPSA) is 82.9 Å². The molecule has 168 valence electrons. The zero-order valence-corrected chi connectivity index (χ0v) is 18.2. The van der Waals surface area contributed by atoms with Gasteiger partial charge in [-0.2, -0.15) is 4.31 Å². The van der Waals surface area contributed by atoms with E-state index in [-0.39, 0.29) is 35.9 Å². The Hall–Kier alpha value is -2.23. The molecule has 1 atom stereocenters. The molecule has 31 heavy (non-hydrogen) atoms. The Morgan fingerprint density at radius 2 is 1.77 bits per heavy atom. The molecule has 1 aromatic carbocycles. The molecule has 1 unspecified atom stereocenters. The van der Waals surface area contributed by atoms with Crippen molar-refractivity contribution in [2.75, 3.05) is 32.7 Å². The molecule has 0 bridgehead atoms. The lowest BCUT2D eigenvalue weighted by Crippen LogP contribution is -2.44. The van der Waals surface area contributed by atoms with Crippen LogP contribution in [0.2, 0.25) is 0 Å². The van der Waals surface area contributed by atoms with Crippen molar-refractivity contribution in [3.05, 3.63) is 54.2 Å². The van der Waals surface area contributed by atoms with Gasteiger partial charge in [-0.3, -0.25) is 9.69 Å². The monoisotopic (exact) mass is 449 g/mol. The maximum Gasteiger partial charge on any atom is 0.243 e. The molecule has 1 N–H and O–H groups in total. The third-order valence-corrected chi connectivity index (χ3v) is 8.11. The molecule has 0 aliphatic carbocycles. The first-order chi connectivity index (χ1) is 14.9. The summed E-state index contributed by atoms with van der Waals surface area (Å²) in [5, 5.41) is 3.06. The molecule has 0 radical (unpaired) electrons. The number of likely N-dealkylation sites (tertiary alicyclic amines) is 1. The van der Waals surface area contributed by atoms with Crippen molar-refractivity contribution >= 4 is 15.9 Å². The molecule has 0 saturated carbocycles. The Morgan fingerprint density at radius 3 is 2.39 bits per heavy atom. The van der Waals surface area contributed by atoms with Gasteiger partial charge in [0.05, 0.1) is 17.2 Å². The van der Waals surface area contributed by atoms with Gasteiger partial charge in [-0.1, -0.05) is 0 Å². The quantitative estimate of drug-likeness (QED) is 0.703. The second-order valence-electron chi connectivity index (χ2n) is 8.15. The Morgan fingerprint density at radius 1 is 1.10 bits per heavy atom. The molecule has 2 aromatic rings. The van der Waals surface area contributed by atoms with Gasteiger partial charge in [0.25, 0.3) is 0 Å². The Bertz CT molecular complexity index is 965. The third kappa shape index (κ3) is 4.99. The predicted molar refractivity (Wildman–Crippen MR) is 113 cm³/mol. The number of hydrogen-bond donors (Lipinski definition) is 1. The molecule has 2 saturated heterocycles. The Labute approximate surface area is 182 Å². The van der Waals surface area contributed by atoms with Gasteiger partial charge in [0, 0.05) is 25.6 Å². The van der Waals surface area contributed by atoms with Crippen molar-refractivity contribution in [2.24, 2.45) is 5.92 Å². The van der Waals surface area contributed by atoms with Crippen LogP contribution >= 0.6 is 0 Å². The lowest BCUT2D eigenvalue weighted by molar-refractivity contribution is -0.126. The molecule has 3 heterocycles. The third-order valence-electron chi connectivity index (χ3n) is 6.20. The van der Waals surface area contributed by atoms with Gasteiger partial charge in [0.1, 0.15) is 11.6 Å². The van der Waals surface area contributed by atoms with E-state index in [1.165, 1.54) is 16.4 Å². The number of sulfonamides is 1. The molecule has 0 spiro atoms. The largest absolute Gasteiger partial charge is 0.468 e. The first-order valence-electron chi connectivity index (χ1n) is 10.8. The number of piperidine rings is 1. The summed E-state index contributed by atoms with van der Waals surface area (Å²) < 4.78 is 45.6. The van der Waals surface area contributed by atoms with E-state index in [1.54, 1.807) is 6.26 Å². The summed E-state index contributed by atoms with van der Waals surface area (Å²) in [7, 11) is -3.68.